The number of benzene rings is 1. The Bertz CT molecular complexity index is 766. The molecule has 7 nitrogen and oxygen atoms in total. The van der Waals surface area contributed by atoms with Crippen molar-refractivity contribution in [3.63, 3.8) is 0 Å². The molecule has 0 amide bonds. The van der Waals surface area contributed by atoms with Crippen LogP contribution in [0.4, 0.5) is 0 Å². The zero-order valence-corrected chi connectivity index (χ0v) is 15.6. The highest BCUT2D eigenvalue weighted by molar-refractivity contribution is 7.86. The molecular formula is C17H25N5O2S. The topological polar surface area (TPSA) is 71.3 Å². The number of hydrogen-bond donors (Lipinski definition) is 0. The van der Waals surface area contributed by atoms with Crippen LogP contribution in [0.2, 0.25) is 0 Å². The molecule has 0 radical (unpaired) electrons. The van der Waals surface area contributed by atoms with Crippen molar-refractivity contribution in [2.45, 2.75) is 38.6 Å². The average Bonchev–Trinajstić information content (AvgIpc) is 3.02. The summed E-state index contributed by atoms with van der Waals surface area (Å²) in [7, 11) is -1.78. The number of rotatable bonds is 5. The lowest BCUT2D eigenvalue weighted by molar-refractivity contribution is 0.332. The molecule has 2 aromatic rings. The van der Waals surface area contributed by atoms with Crippen molar-refractivity contribution in [1.82, 2.24) is 23.4 Å². The molecule has 0 saturated carbocycles. The summed E-state index contributed by atoms with van der Waals surface area (Å²) >= 11 is 0. The first-order chi connectivity index (χ1) is 12.0. The first-order valence-corrected chi connectivity index (χ1v) is 10.1. The third-order valence-electron chi connectivity index (χ3n) is 4.86. The summed E-state index contributed by atoms with van der Waals surface area (Å²) in [6.07, 6.45) is 7.21. The van der Waals surface area contributed by atoms with E-state index in [1.165, 1.54) is 10.6 Å². The lowest BCUT2D eigenvalue weighted by Gasteiger charge is -2.30. The van der Waals surface area contributed by atoms with E-state index < -0.39 is 10.2 Å². The highest BCUT2D eigenvalue weighted by Crippen LogP contribution is 2.25. The number of aromatic nitrogens is 3. The van der Waals surface area contributed by atoms with Crippen LogP contribution in [0.1, 0.15) is 44.2 Å². The van der Waals surface area contributed by atoms with Crippen molar-refractivity contribution in [2.75, 3.05) is 20.1 Å². The van der Waals surface area contributed by atoms with Crippen LogP contribution < -0.4 is 0 Å². The predicted molar refractivity (Wildman–Crippen MR) is 96.5 cm³/mol. The lowest BCUT2D eigenvalue weighted by atomic mass is 10.1. The van der Waals surface area contributed by atoms with E-state index in [2.05, 4.69) is 10.1 Å². The fourth-order valence-corrected chi connectivity index (χ4v) is 4.72. The second kappa shape index (κ2) is 7.63. The predicted octanol–water partition coefficient (Wildman–Crippen LogP) is 2.38. The van der Waals surface area contributed by atoms with Crippen LogP contribution in [0.5, 0.6) is 0 Å². The van der Waals surface area contributed by atoms with Crippen molar-refractivity contribution in [3.05, 3.63) is 42.5 Å². The van der Waals surface area contributed by atoms with E-state index >= 15 is 0 Å². The summed E-state index contributed by atoms with van der Waals surface area (Å²) in [5, 5.41) is 4.10. The second-order valence-corrected chi connectivity index (χ2v) is 8.43. The van der Waals surface area contributed by atoms with Gasteiger partial charge in [0.25, 0.3) is 10.2 Å². The van der Waals surface area contributed by atoms with Gasteiger partial charge < -0.3 is 0 Å². The van der Waals surface area contributed by atoms with Gasteiger partial charge in [-0.25, -0.2) is 9.67 Å². The maximum Gasteiger partial charge on any atom is 0.282 e. The minimum atomic E-state index is -3.45. The lowest BCUT2D eigenvalue weighted by Crippen LogP contribution is -2.43. The molecule has 2 heterocycles. The molecule has 1 fully saturated rings. The van der Waals surface area contributed by atoms with Crippen LogP contribution >= 0.6 is 0 Å². The van der Waals surface area contributed by atoms with Gasteiger partial charge in [0, 0.05) is 26.2 Å². The smallest absolute Gasteiger partial charge is 0.223 e. The van der Waals surface area contributed by atoms with E-state index in [0.29, 0.717) is 13.1 Å². The first kappa shape index (κ1) is 18.0. The van der Waals surface area contributed by atoms with Crippen LogP contribution in [0.3, 0.4) is 0 Å². The molecule has 1 aromatic carbocycles. The number of nitrogens with zero attached hydrogens (tertiary/aromatic N) is 5. The molecule has 1 aromatic heterocycles. The third-order valence-corrected chi connectivity index (χ3v) is 6.92. The Morgan fingerprint density at radius 1 is 1.08 bits per heavy atom. The monoisotopic (exact) mass is 363 g/mol. The molecule has 1 aliphatic heterocycles. The highest BCUT2D eigenvalue weighted by Gasteiger charge is 2.31. The number of hydrogen-bond acceptors (Lipinski definition) is 4. The second-order valence-electron chi connectivity index (χ2n) is 6.44. The van der Waals surface area contributed by atoms with Gasteiger partial charge in [0.1, 0.15) is 12.7 Å². The molecule has 0 aliphatic carbocycles. The molecule has 25 heavy (non-hydrogen) atoms. The fraction of sp³-hybridized carbons (Fsp3) is 0.529. The third kappa shape index (κ3) is 3.91. The van der Waals surface area contributed by atoms with Gasteiger partial charge in [-0.05, 0) is 37.5 Å². The molecule has 1 aliphatic rings. The largest absolute Gasteiger partial charge is 0.282 e. The average molecular weight is 363 g/mol. The molecule has 8 heteroatoms. The van der Waals surface area contributed by atoms with Gasteiger partial charge in [0.05, 0.1) is 5.69 Å². The van der Waals surface area contributed by atoms with Crippen LogP contribution in [-0.4, -0.2) is 51.9 Å². The van der Waals surface area contributed by atoms with Crippen molar-refractivity contribution >= 4 is 10.2 Å². The zero-order valence-electron chi connectivity index (χ0n) is 14.7. The molecule has 3 rings (SSSR count). The normalized spacial score (nSPS) is 18.2. The van der Waals surface area contributed by atoms with E-state index in [-0.39, 0.29) is 6.04 Å². The summed E-state index contributed by atoms with van der Waals surface area (Å²) in [5.74, 6) is 0. The quantitative estimate of drug-likeness (QED) is 0.818. The van der Waals surface area contributed by atoms with Gasteiger partial charge in [0.15, 0.2) is 0 Å². The van der Waals surface area contributed by atoms with E-state index in [1.807, 2.05) is 31.2 Å². The minimum absolute atomic E-state index is 0.238. The van der Waals surface area contributed by atoms with E-state index in [0.717, 1.165) is 36.9 Å². The maximum atomic E-state index is 12.9. The van der Waals surface area contributed by atoms with Crippen molar-refractivity contribution in [2.24, 2.45) is 0 Å². The minimum Gasteiger partial charge on any atom is -0.223 e. The Labute approximate surface area is 149 Å². The molecule has 0 spiro atoms. The molecule has 1 atom stereocenters. The molecule has 0 bridgehead atoms. The van der Waals surface area contributed by atoms with Gasteiger partial charge in [-0.2, -0.15) is 22.1 Å². The summed E-state index contributed by atoms with van der Waals surface area (Å²) in [5.41, 5.74) is 1.84. The van der Waals surface area contributed by atoms with E-state index in [9.17, 15) is 8.42 Å². The Balaban J connectivity index is 1.75. The van der Waals surface area contributed by atoms with Gasteiger partial charge in [-0.1, -0.05) is 25.0 Å². The summed E-state index contributed by atoms with van der Waals surface area (Å²) in [6.45, 7) is 3.15. The van der Waals surface area contributed by atoms with Gasteiger partial charge in [-0.15, -0.1) is 0 Å². The van der Waals surface area contributed by atoms with Crippen molar-refractivity contribution in [1.29, 1.82) is 0 Å². The van der Waals surface area contributed by atoms with Gasteiger partial charge >= 0.3 is 0 Å². The molecular weight excluding hydrogens is 338 g/mol. The first-order valence-electron chi connectivity index (χ1n) is 8.68. The SMILES string of the molecule is C[C@@H](c1ccc(-n2cncn2)cc1)N(C)S(=O)(=O)N1CCCCCC1. The summed E-state index contributed by atoms with van der Waals surface area (Å²) in [6, 6.07) is 7.49. The Morgan fingerprint density at radius 3 is 2.28 bits per heavy atom. The maximum absolute atomic E-state index is 12.9. The molecule has 1 saturated heterocycles. The fourth-order valence-electron chi connectivity index (χ4n) is 3.11. The summed E-state index contributed by atoms with van der Waals surface area (Å²) in [4.78, 5) is 3.93. The van der Waals surface area contributed by atoms with E-state index in [4.69, 9.17) is 0 Å². The van der Waals surface area contributed by atoms with Crippen molar-refractivity contribution in [3.8, 4) is 5.69 Å². The van der Waals surface area contributed by atoms with Crippen molar-refractivity contribution < 1.29 is 8.42 Å². The Kier molecular flexibility index (Phi) is 5.51. The van der Waals surface area contributed by atoms with Crippen LogP contribution in [-0.2, 0) is 10.2 Å². The van der Waals surface area contributed by atoms with Crippen LogP contribution in [0.25, 0.3) is 5.69 Å². The van der Waals surface area contributed by atoms with Crippen LogP contribution in [0.15, 0.2) is 36.9 Å². The highest BCUT2D eigenvalue weighted by atomic mass is 32.2. The zero-order chi connectivity index (χ0) is 17.9. The van der Waals surface area contributed by atoms with Gasteiger partial charge in [-0.3, -0.25) is 0 Å². The molecule has 136 valence electrons. The molecule has 0 unspecified atom stereocenters. The van der Waals surface area contributed by atoms with Gasteiger partial charge in [0.2, 0.25) is 0 Å². The summed E-state index contributed by atoms with van der Waals surface area (Å²) < 4.78 is 30.6. The molecule has 0 N–H and O–H groups in total. The Hall–Kier alpha value is -1.77. The Morgan fingerprint density at radius 2 is 1.72 bits per heavy atom. The van der Waals surface area contributed by atoms with E-state index in [1.54, 1.807) is 22.4 Å². The standard InChI is InChI=1S/C17H25N5O2S/c1-15(16-7-9-17(10-8-16)22-14-18-13-19-22)20(2)25(23,24)21-11-5-3-4-6-12-21/h7-10,13-15H,3-6,11-12H2,1-2H3/t15-/m0/s1. The van der Waals surface area contributed by atoms with Crippen LogP contribution in [0, 0.1) is 0 Å².